The number of piperazine rings is 1. The molecule has 1 amide bonds. The maximum absolute atomic E-state index is 13.9. The molecule has 0 spiro atoms. The van der Waals surface area contributed by atoms with Crippen molar-refractivity contribution < 1.29 is 26.4 Å². The molecule has 33 heavy (non-hydrogen) atoms. The first-order valence-corrected chi connectivity index (χ1v) is 12.0. The minimum atomic E-state index is -3.75. The van der Waals surface area contributed by atoms with Gasteiger partial charge < -0.3 is 9.32 Å². The molecule has 0 aliphatic carbocycles. The Kier molecular flexibility index (Phi) is 6.78. The second kappa shape index (κ2) is 9.58. The van der Waals surface area contributed by atoms with Crippen LogP contribution in [0.4, 0.5) is 8.78 Å². The lowest BCUT2D eigenvalue weighted by Gasteiger charge is -2.34. The van der Waals surface area contributed by atoms with E-state index in [1.165, 1.54) is 28.7 Å². The molecule has 2 heterocycles. The Morgan fingerprint density at radius 2 is 1.70 bits per heavy atom. The SMILES string of the molecule is O=C(CCc1ncc(-c2c(F)cccc2F)o1)N1CCN(S(=O)(=O)c2ccccc2Cl)CC1. The highest BCUT2D eigenvalue weighted by atomic mass is 35.5. The Balaban J connectivity index is 1.33. The number of aryl methyl sites for hydroxylation is 1. The number of amides is 1. The van der Waals surface area contributed by atoms with Gasteiger partial charge in [-0.1, -0.05) is 29.8 Å². The van der Waals surface area contributed by atoms with Gasteiger partial charge in [0.1, 0.15) is 16.5 Å². The number of nitrogens with zero attached hydrogens (tertiary/aromatic N) is 3. The summed E-state index contributed by atoms with van der Waals surface area (Å²) in [5, 5.41) is 0.150. The van der Waals surface area contributed by atoms with Gasteiger partial charge in [-0.15, -0.1) is 0 Å². The summed E-state index contributed by atoms with van der Waals surface area (Å²) in [5.41, 5.74) is -0.307. The molecule has 1 aliphatic rings. The lowest BCUT2D eigenvalue weighted by Crippen LogP contribution is -2.50. The number of aromatic nitrogens is 1. The molecule has 0 bridgehead atoms. The van der Waals surface area contributed by atoms with E-state index >= 15 is 0 Å². The first-order chi connectivity index (χ1) is 15.8. The van der Waals surface area contributed by atoms with Crippen molar-refractivity contribution in [3.05, 3.63) is 71.2 Å². The Morgan fingerprint density at radius 3 is 2.36 bits per heavy atom. The van der Waals surface area contributed by atoms with Gasteiger partial charge >= 0.3 is 0 Å². The number of hydrogen-bond donors (Lipinski definition) is 0. The van der Waals surface area contributed by atoms with Crippen LogP contribution in [0.5, 0.6) is 0 Å². The van der Waals surface area contributed by atoms with Gasteiger partial charge in [0, 0.05) is 39.0 Å². The third kappa shape index (κ3) is 4.92. The standard InChI is InChI=1S/C22H20ClF2N3O4S/c23-15-4-1-2-7-19(15)33(30,31)28-12-10-27(11-13-28)21(29)9-8-20-26-14-18(32-20)22-16(24)5-3-6-17(22)25/h1-7,14H,8-13H2. The molecule has 7 nitrogen and oxygen atoms in total. The first-order valence-electron chi connectivity index (χ1n) is 10.2. The van der Waals surface area contributed by atoms with Crippen LogP contribution in [0, 0.1) is 11.6 Å². The summed E-state index contributed by atoms with van der Waals surface area (Å²) >= 11 is 6.04. The lowest BCUT2D eigenvalue weighted by molar-refractivity contribution is -0.132. The van der Waals surface area contributed by atoms with Crippen molar-refractivity contribution >= 4 is 27.5 Å². The zero-order valence-corrected chi connectivity index (χ0v) is 19.0. The lowest BCUT2D eigenvalue weighted by atomic mass is 10.1. The van der Waals surface area contributed by atoms with Crippen molar-refractivity contribution in [1.82, 2.24) is 14.2 Å². The normalized spacial score (nSPS) is 15.1. The number of hydrogen-bond acceptors (Lipinski definition) is 5. The molecule has 0 atom stereocenters. The molecule has 4 rings (SSSR count). The van der Waals surface area contributed by atoms with Crippen LogP contribution in [-0.4, -0.2) is 54.7 Å². The molecule has 0 N–H and O–H groups in total. The Labute approximate surface area is 194 Å². The molecule has 0 radical (unpaired) electrons. The van der Waals surface area contributed by atoms with Gasteiger partial charge in [0.2, 0.25) is 15.9 Å². The second-order valence-electron chi connectivity index (χ2n) is 7.43. The van der Waals surface area contributed by atoms with Crippen molar-refractivity contribution in [2.24, 2.45) is 0 Å². The Morgan fingerprint density at radius 1 is 1.03 bits per heavy atom. The van der Waals surface area contributed by atoms with E-state index < -0.39 is 21.7 Å². The fourth-order valence-electron chi connectivity index (χ4n) is 3.62. The third-order valence-electron chi connectivity index (χ3n) is 5.36. The number of sulfonamides is 1. The molecule has 1 aliphatic heterocycles. The van der Waals surface area contributed by atoms with Gasteiger partial charge in [-0.05, 0) is 24.3 Å². The summed E-state index contributed by atoms with van der Waals surface area (Å²) in [7, 11) is -3.75. The molecule has 1 saturated heterocycles. The van der Waals surface area contributed by atoms with E-state index in [1.54, 1.807) is 17.0 Å². The molecule has 11 heteroatoms. The molecule has 1 fully saturated rings. The van der Waals surface area contributed by atoms with E-state index in [2.05, 4.69) is 4.98 Å². The largest absolute Gasteiger partial charge is 0.441 e. The Hall–Kier alpha value is -2.82. The van der Waals surface area contributed by atoms with Crippen LogP contribution in [0.15, 0.2) is 58.0 Å². The average Bonchev–Trinajstić information content (AvgIpc) is 3.26. The van der Waals surface area contributed by atoms with Crippen LogP contribution in [0.25, 0.3) is 11.3 Å². The van der Waals surface area contributed by atoms with Crippen LogP contribution in [0.3, 0.4) is 0 Å². The van der Waals surface area contributed by atoms with E-state index in [1.807, 2.05) is 0 Å². The number of carbonyl (C=O) groups excluding carboxylic acids is 1. The maximum Gasteiger partial charge on any atom is 0.244 e. The summed E-state index contributed by atoms with van der Waals surface area (Å²) in [6.07, 6.45) is 1.43. The highest BCUT2D eigenvalue weighted by molar-refractivity contribution is 7.89. The molecule has 0 saturated carbocycles. The van der Waals surface area contributed by atoms with Crippen LogP contribution in [0.2, 0.25) is 5.02 Å². The van der Waals surface area contributed by atoms with Gasteiger partial charge in [0.05, 0.1) is 16.8 Å². The topological polar surface area (TPSA) is 83.7 Å². The molecular formula is C22H20ClF2N3O4S. The van der Waals surface area contributed by atoms with Crippen LogP contribution >= 0.6 is 11.6 Å². The van der Waals surface area contributed by atoms with Gasteiger partial charge in [0.15, 0.2) is 11.7 Å². The van der Waals surface area contributed by atoms with Gasteiger partial charge in [-0.2, -0.15) is 4.31 Å². The molecule has 3 aromatic rings. The monoisotopic (exact) mass is 495 g/mol. The van der Waals surface area contributed by atoms with E-state index in [0.717, 1.165) is 12.1 Å². The zero-order valence-electron chi connectivity index (χ0n) is 17.4. The highest BCUT2D eigenvalue weighted by Gasteiger charge is 2.31. The molecule has 2 aromatic carbocycles. The van der Waals surface area contributed by atoms with E-state index in [-0.39, 0.29) is 72.1 Å². The van der Waals surface area contributed by atoms with Gasteiger partial charge in [0.25, 0.3) is 0 Å². The molecule has 1 aromatic heterocycles. The van der Waals surface area contributed by atoms with Crippen molar-refractivity contribution in [3.8, 4) is 11.3 Å². The Bertz CT molecular complexity index is 1250. The summed E-state index contributed by atoms with van der Waals surface area (Å²) in [4.78, 5) is 18.2. The molecule has 0 unspecified atom stereocenters. The average molecular weight is 496 g/mol. The van der Waals surface area contributed by atoms with Crippen molar-refractivity contribution in [3.63, 3.8) is 0 Å². The number of benzene rings is 2. The zero-order chi connectivity index (χ0) is 23.6. The van der Waals surface area contributed by atoms with Crippen molar-refractivity contribution in [2.45, 2.75) is 17.7 Å². The molecule has 174 valence electrons. The summed E-state index contributed by atoms with van der Waals surface area (Å²) in [6.45, 7) is 0.767. The van der Waals surface area contributed by atoms with Crippen molar-refractivity contribution in [2.75, 3.05) is 26.2 Å². The smallest absolute Gasteiger partial charge is 0.244 e. The van der Waals surface area contributed by atoms with Crippen molar-refractivity contribution in [1.29, 1.82) is 0 Å². The minimum absolute atomic E-state index is 0.0393. The maximum atomic E-state index is 13.9. The van der Waals surface area contributed by atoms with Gasteiger partial charge in [-0.25, -0.2) is 22.2 Å². The summed E-state index contributed by atoms with van der Waals surface area (Å²) in [5.74, 6) is -1.59. The fourth-order valence-corrected chi connectivity index (χ4v) is 5.53. The predicted octanol–water partition coefficient (Wildman–Crippen LogP) is 3.74. The number of carbonyl (C=O) groups is 1. The number of oxazole rings is 1. The van der Waals surface area contributed by atoms with Crippen LogP contribution < -0.4 is 0 Å². The second-order valence-corrected chi connectivity index (χ2v) is 9.74. The highest BCUT2D eigenvalue weighted by Crippen LogP contribution is 2.27. The van der Waals surface area contributed by atoms with Crippen LogP contribution in [-0.2, 0) is 21.2 Å². The summed E-state index contributed by atoms with van der Waals surface area (Å²) < 4.78 is 60.2. The van der Waals surface area contributed by atoms with Gasteiger partial charge in [-0.3, -0.25) is 4.79 Å². The van der Waals surface area contributed by atoms with E-state index in [9.17, 15) is 22.0 Å². The van der Waals surface area contributed by atoms with E-state index in [4.69, 9.17) is 16.0 Å². The van der Waals surface area contributed by atoms with Crippen LogP contribution in [0.1, 0.15) is 12.3 Å². The summed E-state index contributed by atoms with van der Waals surface area (Å²) in [6, 6.07) is 9.72. The predicted molar refractivity (Wildman–Crippen MR) is 117 cm³/mol. The fraction of sp³-hybridized carbons (Fsp3) is 0.273. The minimum Gasteiger partial charge on any atom is -0.441 e. The number of rotatable bonds is 6. The third-order valence-corrected chi connectivity index (χ3v) is 7.76. The first kappa shape index (κ1) is 23.3. The quantitative estimate of drug-likeness (QED) is 0.520. The number of halogens is 3. The molecular weight excluding hydrogens is 476 g/mol. The van der Waals surface area contributed by atoms with E-state index in [0.29, 0.717) is 0 Å².